The largest absolute Gasteiger partial charge is 0.504 e. The zero-order valence-corrected chi connectivity index (χ0v) is 10.8. The van der Waals surface area contributed by atoms with E-state index in [1.807, 2.05) is 0 Å². The van der Waals surface area contributed by atoms with E-state index in [-0.39, 0.29) is 16.5 Å². The maximum Gasteiger partial charge on any atom is 0.258 e. The normalized spacial score (nSPS) is 10.0. The third-order valence-electron chi connectivity index (χ3n) is 2.44. The highest BCUT2D eigenvalue weighted by Crippen LogP contribution is 2.28. The van der Waals surface area contributed by atoms with Crippen LogP contribution < -0.4 is 10.1 Å². The molecule has 6 heteroatoms. The van der Waals surface area contributed by atoms with Crippen LogP contribution >= 0.6 is 11.6 Å². The van der Waals surface area contributed by atoms with Crippen molar-refractivity contribution in [3.63, 3.8) is 0 Å². The van der Waals surface area contributed by atoms with Crippen molar-refractivity contribution in [2.24, 2.45) is 0 Å². The summed E-state index contributed by atoms with van der Waals surface area (Å²) >= 11 is 5.82. The van der Waals surface area contributed by atoms with Crippen LogP contribution in [-0.4, -0.2) is 23.1 Å². The summed E-state index contributed by atoms with van der Waals surface area (Å²) in [6.45, 7) is 0. The van der Waals surface area contributed by atoms with Gasteiger partial charge < -0.3 is 15.2 Å². The number of phenolic OH excluding ortho intramolecular Hbond substituents is 1. The van der Waals surface area contributed by atoms with Gasteiger partial charge in [0.25, 0.3) is 5.91 Å². The molecule has 1 aromatic heterocycles. The molecular weight excluding hydrogens is 268 g/mol. The lowest BCUT2D eigenvalue weighted by atomic mass is 10.2. The average molecular weight is 279 g/mol. The molecule has 0 spiro atoms. The minimum Gasteiger partial charge on any atom is -0.504 e. The van der Waals surface area contributed by atoms with Gasteiger partial charge in [-0.25, -0.2) is 4.98 Å². The monoisotopic (exact) mass is 278 g/mol. The summed E-state index contributed by atoms with van der Waals surface area (Å²) in [5, 5.41) is 12.3. The second kappa shape index (κ2) is 5.58. The number of aromatic hydroxyl groups is 1. The van der Waals surface area contributed by atoms with Crippen LogP contribution in [-0.2, 0) is 0 Å². The number of nitrogens with one attached hydrogen (secondary N) is 1. The lowest BCUT2D eigenvalue weighted by Gasteiger charge is -2.08. The number of rotatable bonds is 3. The van der Waals surface area contributed by atoms with Crippen molar-refractivity contribution in [1.82, 2.24) is 4.98 Å². The van der Waals surface area contributed by atoms with E-state index in [1.165, 1.54) is 19.4 Å². The molecule has 98 valence electrons. The first kappa shape index (κ1) is 13.2. The molecule has 1 amide bonds. The molecule has 0 fully saturated rings. The molecule has 0 saturated carbocycles. The summed E-state index contributed by atoms with van der Waals surface area (Å²) in [5.41, 5.74) is 0.697. The number of nitrogens with zero attached hydrogens (tertiary/aromatic N) is 1. The quantitative estimate of drug-likeness (QED) is 0.847. The van der Waals surface area contributed by atoms with Crippen LogP contribution in [0.3, 0.4) is 0 Å². The van der Waals surface area contributed by atoms with Gasteiger partial charge in [-0.2, -0.15) is 0 Å². The Labute approximate surface area is 114 Å². The molecule has 0 atom stereocenters. The van der Waals surface area contributed by atoms with Crippen LogP contribution in [0.25, 0.3) is 0 Å². The molecule has 2 N–H and O–H groups in total. The Morgan fingerprint density at radius 1 is 1.42 bits per heavy atom. The number of amides is 1. The van der Waals surface area contributed by atoms with Gasteiger partial charge in [0.1, 0.15) is 5.15 Å². The van der Waals surface area contributed by atoms with Gasteiger partial charge in [-0.15, -0.1) is 0 Å². The van der Waals surface area contributed by atoms with Crippen LogP contribution in [0, 0.1) is 0 Å². The van der Waals surface area contributed by atoms with Crippen molar-refractivity contribution >= 4 is 23.2 Å². The Hall–Kier alpha value is -2.27. The number of pyridine rings is 1. The van der Waals surface area contributed by atoms with Crippen LogP contribution in [0.1, 0.15) is 10.4 Å². The number of benzene rings is 1. The van der Waals surface area contributed by atoms with Gasteiger partial charge in [0.2, 0.25) is 0 Å². The Bertz CT molecular complexity index is 617. The number of carbonyl (C=O) groups excluding carboxylic acids is 1. The number of hydrogen-bond acceptors (Lipinski definition) is 4. The third-order valence-corrected chi connectivity index (χ3v) is 2.74. The maximum atomic E-state index is 12.0. The number of hydrogen-bond donors (Lipinski definition) is 2. The molecular formula is C13H11ClN2O3. The van der Waals surface area contributed by atoms with E-state index >= 15 is 0 Å². The molecule has 19 heavy (non-hydrogen) atoms. The molecule has 0 unspecified atom stereocenters. The van der Waals surface area contributed by atoms with Gasteiger partial charge in [0, 0.05) is 18.0 Å². The highest BCUT2D eigenvalue weighted by atomic mass is 35.5. The molecule has 0 radical (unpaired) electrons. The highest BCUT2D eigenvalue weighted by Gasteiger charge is 2.11. The first-order valence-corrected chi connectivity index (χ1v) is 5.78. The Kier molecular flexibility index (Phi) is 3.87. The smallest absolute Gasteiger partial charge is 0.258 e. The number of phenols is 1. The molecule has 2 rings (SSSR count). The molecule has 5 nitrogen and oxygen atoms in total. The molecule has 0 aliphatic rings. The average Bonchev–Trinajstić information content (AvgIpc) is 2.39. The van der Waals surface area contributed by atoms with E-state index in [1.54, 1.807) is 24.3 Å². The van der Waals surface area contributed by atoms with Crippen LogP contribution in [0.15, 0.2) is 36.5 Å². The lowest BCUT2D eigenvalue weighted by molar-refractivity contribution is 0.102. The van der Waals surface area contributed by atoms with Gasteiger partial charge >= 0.3 is 0 Å². The predicted octanol–water partition coefficient (Wildman–Crippen LogP) is 2.70. The van der Waals surface area contributed by atoms with Crippen LogP contribution in [0.4, 0.5) is 5.69 Å². The fourth-order valence-electron chi connectivity index (χ4n) is 1.52. The molecule has 1 heterocycles. The van der Waals surface area contributed by atoms with Crippen LogP contribution in [0.5, 0.6) is 11.5 Å². The van der Waals surface area contributed by atoms with Crippen molar-refractivity contribution in [3.8, 4) is 11.5 Å². The second-order valence-electron chi connectivity index (χ2n) is 3.68. The van der Waals surface area contributed by atoms with Crippen molar-refractivity contribution < 1.29 is 14.6 Å². The molecule has 0 aliphatic heterocycles. The number of halogens is 1. The van der Waals surface area contributed by atoms with Gasteiger partial charge in [0.15, 0.2) is 11.5 Å². The summed E-state index contributed by atoms with van der Waals surface area (Å²) < 4.78 is 4.91. The van der Waals surface area contributed by atoms with E-state index < -0.39 is 5.91 Å². The number of methoxy groups -OCH3 is 1. The first-order chi connectivity index (χ1) is 9.11. The summed E-state index contributed by atoms with van der Waals surface area (Å²) in [4.78, 5) is 15.8. The van der Waals surface area contributed by atoms with E-state index in [2.05, 4.69) is 10.3 Å². The fraction of sp³-hybridized carbons (Fsp3) is 0.0769. The van der Waals surface area contributed by atoms with Crippen molar-refractivity contribution in [3.05, 3.63) is 47.2 Å². The minimum absolute atomic E-state index is 0.0578. The Balaban J connectivity index is 2.20. The second-order valence-corrected chi connectivity index (χ2v) is 4.04. The number of aromatic nitrogens is 1. The summed E-state index contributed by atoms with van der Waals surface area (Å²) in [5.74, 6) is -0.127. The SMILES string of the molecule is COc1ccc(NC(=O)c2cccnc2Cl)cc1O. The molecule has 1 aromatic carbocycles. The van der Waals surface area contributed by atoms with E-state index in [9.17, 15) is 9.90 Å². The van der Waals surface area contributed by atoms with Crippen molar-refractivity contribution in [2.45, 2.75) is 0 Å². The number of anilines is 1. The third kappa shape index (κ3) is 2.95. The predicted molar refractivity (Wildman–Crippen MR) is 71.9 cm³/mol. The zero-order chi connectivity index (χ0) is 13.8. The first-order valence-electron chi connectivity index (χ1n) is 5.40. The van der Waals surface area contributed by atoms with Gasteiger partial charge in [-0.3, -0.25) is 4.79 Å². The van der Waals surface area contributed by atoms with Gasteiger partial charge in [0.05, 0.1) is 12.7 Å². The van der Waals surface area contributed by atoms with E-state index in [0.717, 1.165) is 0 Å². The van der Waals surface area contributed by atoms with Gasteiger partial charge in [-0.1, -0.05) is 11.6 Å². The zero-order valence-electron chi connectivity index (χ0n) is 10.1. The van der Waals surface area contributed by atoms with Crippen LogP contribution in [0.2, 0.25) is 5.15 Å². The minimum atomic E-state index is -0.400. The molecule has 0 aliphatic carbocycles. The summed E-state index contributed by atoms with van der Waals surface area (Å²) in [7, 11) is 1.45. The topological polar surface area (TPSA) is 71.5 Å². The fourth-order valence-corrected chi connectivity index (χ4v) is 1.73. The van der Waals surface area contributed by atoms with E-state index in [4.69, 9.17) is 16.3 Å². The summed E-state index contributed by atoms with van der Waals surface area (Å²) in [6.07, 6.45) is 1.50. The lowest BCUT2D eigenvalue weighted by Crippen LogP contribution is -2.12. The highest BCUT2D eigenvalue weighted by molar-refractivity contribution is 6.33. The Morgan fingerprint density at radius 3 is 2.84 bits per heavy atom. The molecule has 0 bridgehead atoms. The van der Waals surface area contributed by atoms with Crippen molar-refractivity contribution in [2.75, 3.05) is 12.4 Å². The van der Waals surface area contributed by atoms with E-state index in [0.29, 0.717) is 11.4 Å². The molecule has 2 aromatic rings. The maximum absolute atomic E-state index is 12.0. The standard InChI is InChI=1S/C13H11ClN2O3/c1-19-11-5-4-8(7-10(11)17)16-13(18)9-3-2-6-15-12(9)14/h2-7,17H,1H3,(H,16,18). The van der Waals surface area contributed by atoms with Gasteiger partial charge in [-0.05, 0) is 24.3 Å². The summed E-state index contributed by atoms with van der Waals surface area (Å²) in [6, 6.07) is 7.73. The van der Waals surface area contributed by atoms with Crippen molar-refractivity contribution in [1.29, 1.82) is 0 Å². The molecule has 0 saturated heterocycles. The number of carbonyl (C=O) groups is 1. The Morgan fingerprint density at radius 2 is 2.21 bits per heavy atom. The number of ether oxygens (including phenoxy) is 1.